The molecule has 48 heavy (non-hydrogen) atoms. The van der Waals surface area contributed by atoms with Crippen molar-refractivity contribution in [2.45, 2.75) is 73.9 Å². The van der Waals surface area contributed by atoms with E-state index < -0.39 is 105 Å². The number of carboxylic acids is 1. The fourth-order valence-electron chi connectivity index (χ4n) is 5.32. The Morgan fingerprint density at radius 2 is 1.46 bits per heavy atom. The minimum absolute atomic E-state index is 0.0234. The van der Waals surface area contributed by atoms with Crippen LogP contribution in [0.25, 0.3) is 6.08 Å². The van der Waals surface area contributed by atoms with Crippen LogP contribution in [-0.4, -0.2) is 138 Å². The van der Waals surface area contributed by atoms with Gasteiger partial charge in [-0.15, -0.1) is 0 Å². The third kappa shape index (κ3) is 7.41. The van der Waals surface area contributed by atoms with E-state index in [1.54, 1.807) is 0 Å². The van der Waals surface area contributed by atoms with Gasteiger partial charge < -0.3 is 79.5 Å². The monoisotopic (exact) mass is 682 g/mol. The third-order valence-corrected chi connectivity index (χ3v) is 7.83. The maximum Gasteiger partial charge on any atom is 0.317 e. The molecule has 10 N–H and O–H groups in total. The number of carbonyl (C=O) groups excluding carboxylic acids is 1. The number of rotatable bonds is 10. The predicted octanol–water partition coefficient (Wildman–Crippen LogP) is -2.06. The van der Waals surface area contributed by atoms with E-state index in [1.165, 1.54) is 36.4 Å². The summed E-state index contributed by atoms with van der Waals surface area (Å²) in [6.45, 7) is -1.57. The third-order valence-electron chi connectivity index (χ3n) is 7.83. The molecule has 2 fully saturated rings. The number of ether oxygens (including phenoxy) is 6. The maximum atomic E-state index is 11.9. The maximum absolute atomic E-state index is 11.9. The summed E-state index contributed by atoms with van der Waals surface area (Å²) in [6.07, 6.45) is -18.8. The Labute approximate surface area is 270 Å². The lowest BCUT2D eigenvalue weighted by Crippen LogP contribution is -2.64. The molecule has 5 rings (SSSR count). The molecule has 0 radical (unpaired) electrons. The summed E-state index contributed by atoms with van der Waals surface area (Å²) in [5.41, 5.74) is 0.411. The predicted molar refractivity (Wildman–Crippen MR) is 153 cm³/mol. The molecule has 0 amide bonds. The Kier molecular flexibility index (Phi) is 10.6. The van der Waals surface area contributed by atoms with E-state index in [1.807, 2.05) is 0 Å². The van der Waals surface area contributed by atoms with Crippen molar-refractivity contribution in [1.29, 1.82) is 0 Å². The van der Waals surface area contributed by atoms with Gasteiger partial charge >= 0.3 is 11.9 Å². The van der Waals surface area contributed by atoms with Gasteiger partial charge in [-0.25, -0.2) is 0 Å². The number of hydrogen-bond donors (Lipinski definition) is 10. The zero-order valence-electron chi connectivity index (χ0n) is 24.8. The molecule has 11 atom stereocenters. The van der Waals surface area contributed by atoms with Crippen LogP contribution in [0.2, 0.25) is 0 Å². The molecule has 0 saturated carbocycles. The summed E-state index contributed by atoms with van der Waals surface area (Å²) < 4.78 is 34.0. The molecule has 262 valence electrons. The number of aliphatic carboxylic acids is 1. The highest BCUT2D eigenvalue weighted by molar-refractivity contribution is 5.90. The summed E-state index contributed by atoms with van der Waals surface area (Å²) in [5.74, 6) is -3.61. The number of hydrogen-bond acceptors (Lipinski definition) is 17. The Bertz CT molecular complexity index is 1490. The van der Waals surface area contributed by atoms with Crippen LogP contribution in [0, 0.1) is 0 Å². The van der Waals surface area contributed by atoms with Gasteiger partial charge in [0.25, 0.3) is 0 Å². The number of phenols is 3. The second-order valence-corrected chi connectivity index (χ2v) is 11.2. The van der Waals surface area contributed by atoms with Crippen LogP contribution in [0.4, 0.5) is 0 Å². The lowest BCUT2D eigenvalue weighted by atomic mass is 9.97. The number of fused-ring (bicyclic) bond motifs is 1. The van der Waals surface area contributed by atoms with E-state index in [9.17, 15) is 55.5 Å². The molecule has 2 saturated heterocycles. The number of aliphatic hydroxyl groups is 6. The van der Waals surface area contributed by atoms with Crippen molar-refractivity contribution in [3.63, 3.8) is 0 Å². The minimum Gasteiger partial charge on any atom is -0.508 e. The van der Waals surface area contributed by atoms with Crippen molar-refractivity contribution in [3.05, 3.63) is 53.3 Å². The Morgan fingerprint density at radius 3 is 2.12 bits per heavy atom. The molecule has 0 bridgehead atoms. The van der Waals surface area contributed by atoms with Crippen LogP contribution < -0.4 is 4.74 Å². The fraction of sp³-hybridized carbons (Fsp3) is 0.467. The van der Waals surface area contributed by atoms with Gasteiger partial charge in [-0.1, -0.05) is 12.1 Å². The molecule has 2 aromatic rings. The second kappa shape index (κ2) is 14.5. The highest BCUT2D eigenvalue weighted by atomic mass is 16.8. The molecule has 0 spiro atoms. The van der Waals surface area contributed by atoms with Crippen LogP contribution in [0.5, 0.6) is 23.0 Å². The molecular weight excluding hydrogens is 648 g/mol. The number of aromatic hydroxyl groups is 3. The van der Waals surface area contributed by atoms with Gasteiger partial charge in [0, 0.05) is 17.7 Å². The first-order chi connectivity index (χ1) is 22.8. The highest BCUT2D eigenvalue weighted by Crippen LogP contribution is 2.45. The Hall–Kier alpha value is -4.24. The van der Waals surface area contributed by atoms with Crippen LogP contribution in [-0.2, 0) is 33.3 Å². The summed E-state index contributed by atoms with van der Waals surface area (Å²) in [5, 5.41) is 102. The largest absolute Gasteiger partial charge is 0.508 e. The van der Waals surface area contributed by atoms with E-state index in [2.05, 4.69) is 0 Å². The van der Waals surface area contributed by atoms with Crippen molar-refractivity contribution in [2.24, 2.45) is 0 Å². The molecule has 3 heterocycles. The average molecular weight is 683 g/mol. The summed E-state index contributed by atoms with van der Waals surface area (Å²) in [6, 6.07) is 7.88. The zero-order valence-corrected chi connectivity index (χ0v) is 24.8. The van der Waals surface area contributed by atoms with Gasteiger partial charge in [-0.05, 0) is 18.2 Å². The van der Waals surface area contributed by atoms with Crippen molar-refractivity contribution in [3.8, 4) is 23.0 Å². The van der Waals surface area contributed by atoms with E-state index in [0.717, 1.165) is 6.07 Å². The number of phenolic OH excluding ortho intramolecular Hbond substituents is 3. The average Bonchev–Trinajstić information content (AvgIpc) is 3.03. The Balaban J connectivity index is 1.50. The number of carboxylic acid groups (broad SMARTS) is 1. The number of esters is 1. The van der Waals surface area contributed by atoms with Gasteiger partial charge in [-0.2, -0.15) is 0 Å². The van der Waals surface area contributed by atoms with Crippen molar-refractivity contribution < 1.29 is 89.1 Å². The van der Waals surface area contributed by atoms with E-state index in [-0.39, 0.29) is 28.6 Å². The first-order valence-electron chi connectivity index (χ1n) is 14.5. The van der Waals surface area contributed by atoms with Gasteiger partial charge in [0.05, 0.1) is 12.2 Å². The zero-order chi connectivity index (χ0) is 34.9. The minimum atomic E-state index is -1.98. The van der Waals surface area contributed by atoms with E-state index >= 15 is 0 Å². The molecule has 18 heteroatoms. The standard InChI is InChI=1S/C30H34O18/c31-9-18-22(38)24(40)26(42)29(46-18)48-28-25(41)23(39)19(10-43-21(37)8-20(35)36)47-30(28)45-17-7-14-15(34)5-13(33)6-16(14)44-27(17)11-1-3-12(32)4-2-11/h1-7,18-19,22-34,38-42H,8-10H2,(H,35,36)/t18-,19+,22+,23+,24-,25+,26+,27?,28+,29-,30+/m0/s1. The summed E-state index contributed by atoms with van der Waals surface area (Å²) in [7, 11) is 0. The fourth-order valence-corrected chi connectivity index (χ4v) is 5.32. The SMILES string of the molecule is O=C(O)CC(=O)OC[C@H]1O[C@@H](OC2=Cc3c(O)cc(O)cc3OC2c2ccc(O)cc2)[C@H](O[C@@H]2O[C@@H](CO)[C@@H](O)[C@H](O)[C@H]2O)[C@H](O)[C@@H]1O. The molecule has 0 aliphatic carbocycles. The molecular formula is C30H34O18. The summed E-state index contributed by atoms with van der Waals surface area (Å²) in [4.78, 5) is 22.8. The highest BCUT2D eigenvalue weighted by Gasteiger charge is 2.52. The first kappa shape index (κ1) is 35.1. The molecule has 0 aromatic heterocycles. The van der Waals surface area contributed by atoms with Crippen molar-refractivity contribution in [1.82, 2.24) is 0 Å². The van der Waals surface area contributed by atoms with Crippen LogP contribution >= 0.6 is 0 Å². The van der Waals surface area contributed by atoms with Crippen LogP contribution in [0.3, 0.4) is 0 Å². The molecule has 2 aromatic carbocycles. The molecule has 1 unspecified atom stereocenters. The lowest BCUT2D eigenvalue weighted by Gasteiger charge is -2.46. The molecule has 3 aliphatic heterocycles. The molecule has 3 aliphatic rings. The topological polar surface area (TPSA) is 292 Å². The van der Waals surface area contributed by atoms with Crippen LogP contribution in [0.1, 0.15) is 23.7 Å². The van der Waals surface area contributed by atoms with Gasteiger partial charge in [-0.3, -0.25) is 9.59 Å². The normalized spacial score (nSPS) is 33.1. The Morgan fingerprint density at radius 1 is 0.792 bits per heavy atom. The van der Waals surface area contributed by atoms with Crippen molar-refractivity contribution in [2.75, 3.05) is 13.2 Å². The smallest absolute Gasteiger partial charge is 0.317 e. The molecule has 18 nitrogen and oxygen atoms in total. The van der Waals surface area contributed by atoms with E-state index in [0.29, 0.717) is 5.56 Å². The quantitative estimate of drug-likeness (QED) is 0.0952. The van der Waals surface area contributed by atoms with Gasteiger partial charge in [0.1, 0.15) is 84.5 Å². The first-order valence-corrected chi connectivity index (χ1v) is 14.5. The van der Waals surface area contributed by atoms with Gasteiger partial charge in [0.15, 0.2) is 18.5 Å². The van der Waals surface area contributed by atoms with Gasteiger partial charge in [0.2, 0.25) is 6.29 Å². The number of benzene rings is 2. The van der Waals surface area contributed by atoms with Crippen molar-refractivity contribution >= 4 is 18.0 Å². The second-order valence-electron chi connectivity index (χ2n) is 11.2. The van der Waals surface area contributed by atoms with Crippen LogP contribution in [0.15, 0.2) is 42.2 Å². The number of carbonyl (C=O) groups is 2. The number of aliphatic hydroxyl groups excluding tert-OH is 6. The van der Waals surface area contributed by atoms with E-state index in [4.69, 9.17) is 33.5 Å². The summed E-state index contributed by atoms with van der Waals surface area (Å²) >= 11 is 0. The lowest BCUT2D eigenvalue weighted by molar-refractivity contribution is -0.364.